The predicted octanol–water partition coefficient (Wildman–Crippen LogP) is 2.85. The van der Waals surface area contributed by atoms with Gasteiger partial charge in [-0.2, -0.15) is 0 Å². The molecule has 0 spiro atoms. The van der Waals surface area contributed by atoms with Gasteiger partial charge in [0.1, 0.15) is 0 Å². The van der Waals surface area contributed by atoms with Gasteiger partial charge in [0.2, 0.25) is 0 Å². The fourth-order valence-electron chi connectivity index (χ4n) is 2.41. The van der Waals surface area contributed by atoms with Crippen LogP contribution in [0.2, 0.25) is 5.02 Å². The Labute approximate surface area is 128 Å². The number of ether oxygens (including phenoxy) is 1. The first kappa shape index (κ1) is 16.0. The largest absolute Gasteiger partial charge is 0.381 e. The second kappa shape index (κ2) is 8.13. The molecule has 1 aromatic carbocycles. The first-order valence-corrected chi connectivity index (χ1v) is 8.85. The van der Waals surface area contributed by atoms with Gasteiger partial charge in [-0.3, -0.25) is 4.21 Å². The summed E-state index contributed by atoms with van der Waals surface area (Å²) >= 11 is 5.87. The van der Waals surface area contributed by atoms with Crippen molar-refractivity contribution < 1.29 is 8.95 Å². The lowest BCUT2D eigenvalue weighted by molar-refractivity contribution is 0.179. The lowest BCUT2D eigenvalue weighted by Gasteiger charge is -2.23. The van der Waals surface area contributed by atoms with E-state index in [2.05, 4.69) is 12.2 Å². The van der Waals surface area contributed by atoms with Gasteiger partial charge in [-0.05, 0) is 43.7 Å². The zero-order valence-corrected chi connectivity index (χ0v) is 13.4. The van der Waals surface area contributed by atoms with E-state index in [4.69, 9.17) is 16.3 Å². The second-order valence-electron chi connectivity index (χ2n) is 5.15. The van der Waals surface area contributed by atoms with Crippen LogP contribution in [0.5, 0.6) is 0 Å². The van der Waals surface area contributed by atoms with Gasteiger partial charge in [-0.15, -0.1) is 0 Å². The molecule has 3 nitrogen and oxygen atoms in total. The van der Waals surface area contributed by atoms with Crippen LogP contribution >= 0.6 is 11.6 Å². The first-order chi connectivity index (χ1) is 9.70. The molecule has 3 atom stereocenters. The van der Waals surface area contributed by atoms with Gasteiger partial charge >= 0.3 is 0 Å². The highest BCUT2D eigenvalue weighted by Crippen LogP contribution is 2.20. The molecule has 0 aliphatic carbocycles. The maximum absolute atomic E-state index is 12.5. The Morgan fingerprint density at radius 3 is 2.80 bits per heavy atom. The second-order valence-corrected chi connectivity index (χ2v) is 7.08. The van der Waals surface area contributed by atoms with Crippen molar-refractivity contribution in [1.82, 2.24) is 5.32 Å². The molecule has 1 aromatic rings. The van der Waals surface area contributed by atoms with E-state index in [1.165, 1.54) is 0 Å². The molecule has 3 unspecified atom stereocenters. The smallest absolute Gasteiger partial charge is 0.0545 e. The molecule has 5 heteroatoms. The Bertz CT molecular complexity index is 432. The van der Waals surface area contributed by atoms with Gasteiger partial charge < -0.3 is 10.1 Å². The third-order valence-electron chi connectivity index (χ3n) is 3.60. The molecule has 2 rings (SSSR count). The van der Waals surface area contributed by atoms with Crippen LogP contribution < -0.4 is 5.32 Å². The molecule has 112 valence electrons. The van der Waals surface area contributed by atoms with E-state index in [1.807, 2.05) is 12.1 Å². The number of rotatable bonds is 7. The lowest BCUT2D eigenvalue weighted by Crippen LogP contribution is -2.41. The average Bonchev–Trinajstić information content (AvgIpc) is 2.98. The highest BCUT2D eigenvalue weighted by atomic mass is 35.5. The van der Waals surface area contributed by atoms with Crippen LogP contribution in [-0.4, -0.2) is 35.8 Å². The summed E-state index contributed by atoms with van der Waals surface area (Å²) in [5.41, 5.74) is 0. The maximum Gasteiger partial charge on any atom is 0.0545 e. The molecule has 0 radical (unpaired) electrons. The highest BCUT2D eigenvalue weighted by molar-refractivity contribution is 7.85. The van der Waals surface area contributed by atoms with Crippen molar-refractivity contribution in [2.45, 2.75) is 30.7 Å². The fraction of sp³-hybridized carbons (Fsp3) is 0.600. The minimum absolute atomic E-state index is 0.258. The van der Waals surface area contributed by atoms with Crippen LogP contribution in [-0.2, 0) is 15.5 Å². The molecule has 1 aliphatic rings. The summed E-state index contributed by atoms with van der Waals surface area (Å²) in [4.78, 5) is 0.844. The zero-order valence-electron chi connectivity index (χ0n) is 11.8. The average molecular weight is 316 g/mol. The Kier molecular flexibility index (Phi) is 6.49. The van der Waals surface area contributed by atoms with E-state index in [9.17, 15) is 4.21 Å². The van der Waals surface area contributed by atoms with Crippen molar-refractivity contribution in [2.75, 3.05) is 25.5 Å². The van der Waals surface area contributed by atoms with Crippen molar-refractivity contribution >= 4 is 22.4 Å². The Hall–Kier alpha value is -0.420. The van der Waals surface area contributed by atoms with Crippen LogP contribution in [0.25, 0.3) is 0 Å². The predicted molar refractivity (Wildman–Crippen MR) is 83.7 cm³/mol. The van der Waals surface area contributed by atoms with Gasteiger partial charge in [0.05, 0.1) is 17.4 Å². The van der Waals surface area contributed by atoms with Crippen molar-refractivity contribution in [2.24, 2.45) is 5.92 Å². The monoisotopic (exact) mass is 315 g/mol. The Morgan fingerprint density at radius 2 is 2.20 bits per heavy atom. The van der Waals surface area contributed by atoms with E-state index in [1.54, 1.807) is 12.1 Å². The lowest BCUT2D eigenvalue weighted by atomic mass is 10.0. The number of hydrogen-bond acceptors (Lipinski definition) is 3. The molecule has 1 fully saturated rings. The van der Waals surface area contributed by atoms with Crippen molar-refractivity contribution in [3.63, 3.8) is 0 Å². The van der Waals surface area contributed by atoms with Crippen molar-refractivity contribution in [3.8, 4) is 0 Å². The van der Waals surface area contributed by atoms with E-state index in [0.29, 0.717) is 16.7 Å². The van der Waals surface area contributed by atoms with Crippen LogP contribution in [0.3, 0.4) is 0 Å². The molecule has 0 saturated carbocycles. The summed E-state index contributed by atoms with van der Waals surface area (Å²) in [7, 11) is -0.998. The van der Waals surface area contributed by atoms with E-state index in [-0.39, 0.29) is 6.04 Å². The van der Waals surface area contributed by atoms with Crippen molar-refractivity contribution in [1.29, 1.82) is 0 Å². The third kappa shape index (κ3) is 4.55. The zero-order chi connectivity index (χ0) is 14.4. The molecule has 1 saturated heterocycles. The molecular formula is C15H22ClNO2S. The summed E-state index contributed by atoms with van der Waals surface area (Å²) in [5.74, 6) is 1.10. The molecule has 0 amide bonds. The number of benzene rings is 1. The highest BCUT2D eigenvalue weighted by Gasteiger charge is 2.27. The Morgan fingerprint density at radius 1 is 1.45 bits per heavy atom. The number of nitrogens with one attached hydrogen (secondary N) is 1. The normalized spacial score (nSPS) is 21.8. The van der Waals surface area contributed by atoms with Gasteiger partial charge in [0.15, 0.2) is 0 Å². The molecule has 1 aliphatic heterocycles. The van der Waals surface area contributed by atoms with Crippen LogP contribution in [0.4, 0.5) is 0 Å². The van der Waals surface area contributed by atoms with Crippen molar-refractivity contribution in [3.05, 3.63) is 29.3 Å². The third-order valence-corrected chi connectivity index (χ3v) is 5.31. The number of hydrogen-bond donors (Lipinski definition) is 1. The maximum atomic E-state index is 12.5. The van der Waals surface area contributed by atoms with Gasteiger partial charge in [0.25, 0.3) is 0 Å². The molecule has 1 N–H and O–H groups in total. The van der Waals surface area contributed by atoms with E-state index >= 15 is 0 Å². The summed E-state index contributed by atoms with van der Waals surface area (Å²) in [6.45, 7) is 4.70. The number of halogens is 1. The molecule has 1 heterocycles. The molecule has 0 aromatic heterocycles. The fourth-order valence-corrected chi connectivity index (χ4v) is 3.88. The summed E-state index contributed by atoms with van der Waals surface area (Å²) < 4.78 is 17.9. The van der Waals surface area contributed by atoms with Gasteiger partial charge in [0, 0.05) is 34.2 Å². The van der Waals surface area contributed by atoms with Crippen LogP contribution in [0.15, 0.2) is 29.2 Å². The standard InChI is InChI=1S/C15H22ClNO2S/c1-2-8-17-15(12-7-9-19-10-12)11-20(18)14-5-3-13(16)4-6-14/h3-6,12,15,17H,2,7-11H2,1H3. The summed E-state index contributed by atoms with van der Waals surface area (Å²) in [6, 6.07) is 7.54. The molecule has 20 heavy (non-hydrogen) atoms. The van der Waals surface area contributed by atoms with Gasteiger partial charge in [-0.1, -0.05) is 18.5 Å². The summed E-state index contributed by atoms with van der Waals surface area (Å²) in [5, 5.41) is 4.20. The van der Waals surface area contributed by atoms with Gasteiger partial charge in [-0.25, -0.2) is 0 Å². The van der Waals surface area contributed by atoms with E-state index < -0.39 is 10.8 Å². The summed E-state index contributed by atoms with van der Waals surface area (Å²) in [6.07, 6.45) is 2.14. The molecular weight excluding hydrogens is 294 g/mol. The quantitative estimate of drug-likeness (QED) is 0.841. The topological polar surface area (TPSA) is 38.3 Å². The Balaban J connectivity index is 1.98. The minimum atomic E-state index is -0.998. The van der Waals surface area contributed by atoms with Crippen LogP contribution in [0, 0.1) is 5.92 Å². The molecule has 0 bridgehead atoms. The SMILES string of the molecule is CCCNC(CS(=O)c1ccc(Cl)cc1)C1CCOC1. The minimum Gasteiger partial charge on any atom is -0.381 e. The van der Waals surface area contributed by atoms with Crippen LogP contribution in [0.1, 0.15) is 19.8 Å². The first-order valence-electron chi connectivity index (χ1n) is 7.15. The van der Waals surface area contributed by atoms with E-state index in [0.717, 1.165) is 37.5 Å².